The van der Waals surface area contributed by atoms with Crippen molar-refractivity contribution in [3.8, 4) is 5.69 Å². The van der Waals surface area contributed by atoms with Crippen molar-refractivity contribution < 1.29 is 14.3 Å². The second-order valence-electron chi connectivity index (χ2n) is 10.5. The summed E-state index contributed by atoms with van der Waals surface area (Å²) in [6.07, 6.45) is 2.52. The van der Waals surface area contributed by atoms with Crippen molar-refractivity contribution in [1.82, 2.24) is 24.3 Å². The number of benzene rings is 1. The molecule has 0 aliphatic carbocycles. The van der Waals surface area contributed by atoms with Crippen LogP contribution in [0.5, 0.6) is 0 Å². The van der Waals surface area contributed by atoms with E-state index >= 15 is 0 Å². The van der Waals surface area contributed by atoms with E-state index in [2.05, 4.69) is 15.2 Å². The van der Waals surface area contributed by atoms with E-state index in [0.29, 0.717) is 31.9 Å². The van der Waals surface area contributed by atoms with Gasteiger partial charge in [0.05, 0.1) is 17.3 Å². The Balaban J connectivity index is 0.00000420. The van der Waals surface area contributed by atoms with Gasteiger partial charge in [-0.1, -0.05) is 12.1 Å². The van der Waals surface area contributed by atoms with E-state index in [1.54, 1.807) is 43.0 Å². The molecule has 4 rings (SSSR count). The van der Waals surface area contributed by atoms with Crippen LogP contribution in [-0.2, 0) is 16.1 Å². The number of hydrogen-bond acceptors (Lipinski definition) is 8. The molecule has 1 aromatic carbocycles. The smallest absolute Gasteiger partial charge is 0.354 e. The number of anilines is 1. The molecule has 1 aromatic heterocycles. The summed E-state index contributed by atoms with van der Waals surface area (Å²) in [4.78, 5) is 47.3. The summed E-state index contributed by atoms with van der Waals surface area (Å²) in [6, 6.07) is 9.02. The van der Waals surface area contributed by atoms with E-state index in [1.165, 1.54) is 4.57 Å². The quantitative estimate of drug-likeness (QED) is 0.463. The number of halogens is 1. The van der Waals surface area contributed by atoms with Gasteiger partial charge < -0.3 is 26.0 Å². The molecule has 3 amide bonds. The molecule has 2 saturated heterocycles. The molecule has 0 radical (unpaired) electrons. The number of aromatic nitrogens is 2. The predicted octanol–water partition coefficient (Wildman–Crippen LogP) is 0.616. The van der Waals surface area contributed by atoms with Gasteiger partial charge in [-0.15, -0.1) is 12.4 Å². The number of piperidine rings is 1. The molecule has 13 heteroatoms. The van der Waals surface area contributed by atoms with Crippen LogP contribution in [0.15, 0.2) is 41.3 Å². The number of rotatable bonds is 6. The predicted molar refractivity (Wildman–Crippen MR) is 151 cm³/mol. The molecule has 12 nitrogen and oxygen atoms in total. The number of urea groups is 1. The number of nitrogens with zero attached hydrogens (tertiary/aromatic N) is 5. The molecule has 3 heterocycles. The van der Waals surface area contributed by atoms with Crippen LogP contribution in [0.1, 0.15) is 25.8 Å². The largest absolute Gasteiger partial charge is 0.379 e. The minimum Gasteiger partial charge on any atom is -0.379 e. The Kier molecular flexibility index (Phi) is 10.1. The Hall–Kier alpha value is -3.03. The molecule has 2 unspecified atom stereocenters. The van der Waals surface area contributed by atoms with Crippen molar-refractivity contribution in [2.75, 3.05) is 51.7 Å². The lowest BCUT2D eigenvalue weighted by atomic mass is 10.0. The maximum atomic E-state index is 12.7. The van der Waals surface area contributed by atoms with Gasteiger partial charge in [-0.2, -0.15) is 4.98 Å². The topological polar surface area (TPSA) is 152 Å². The van der Waals surface area contributed by atoms with Crippen LogP contribution in [0, 0.1) is 0 Å². The fourth-order valence-corrected chi connectivity index (χ4v) is 4.79. The molecule has 2 aliphatic rings. The molecule has 2 aliphatic heterocycles. The number of carbonyl (C=O) groups is 2. The van der Waals surface area contributed by atoms with Gasteiger partial charge >= 0.3 is 11.7 Å². The van der Waals surface area contributed by atoms with Gasteiger partial charge in [0.25, 0.3) is 0 Å². The number of methoxy groups -OCH3 is 1. The lowest BCUT2D eigenvalue weighted by Crippen LogP contribution is -2.58. The van der Waals surface area contributed by atoms with E-state index in [1.807, 2.05) is 24.3 Å². The van der Waals surface area contributed by atoms with Gasteiger partial charge in [0.2, 0.25) is 5.91 Å². The number of piperazine rings is 1. The van der Waals surface area contributed by atoms with Crippen LogP contribution in [0.2, 0.25) is 0 Å². The van der Waals surface area contributed by atoms with Gasteiger partial charge in [0, 0.05) is 65.2 Å². The Morgan fingerprint density at radius 3 is 2.31 bits per heavy atom. The zero-order valence-electron chi connectivity index (χ0n) is 22.7. The second-order valence-corrected chi connectivity index (χ2v) is 10.5. The monoisotopic (exact) mass is 562 g/mol. The van der Waals surface area contributed by atoms with Crippen molar-refractivity contribution in [3.05, 3.63) is 52.6 Å². The first-order valence-corrected chi connectivity index (χ1v) is 12.9. The summed E-state index contributed by atoms with van der Waals surface area (Å²) in [7, 11) is 1.69. The number of nitrogens with two attached hydrogens (primary N) is 2. The fourth-order valence-electron chi connectivity index (χ4n) is 4.79. The van der Waals surface area contributed by atoms with Crippen LogP contribution in [0.25, 0.3) is 5.69 Å². The highest BCUT2D eigenvalue weighted by Crippen LogP contribution is 2.17. The van der Waals surface area contributed by atoms with Crippen molar-refractivity contribution in [1.29, 1.82) is 0 Å². The first-order chi connectivity index (χ1) is 18.0. The summed E-state index contributed by atoms with van der Waals surface area (Å²) in [6.45, 7) is 7.35. The number of hydrogen-bond donors (Lipinski definition) is 3. The average Bonchev–Trinajstić information content (AvgIpc) is 2.89. The minimum atomic E-state index is -0.950. The fraction of sp³-hybridized carbons (Fsp3) is 0.538. The van der Waals surface area contributed by atoms with Crippen molar-refractivity contribution in [3.63, 3.8) is 0 Å². The highest BCUT2D eigenvalue weighted by atomic mass is 35.5. The number of likely N-dealkylation sites (tertiary alicyclic amines) is 1. The molecule has 2 atom stereocenters. The van der Waals surface area contributed by atoms with E-state index in [4.69, 9.17) is 16.2 Å². The SMILES string of the molecule is COC1CN(Cc2ccc(-n3ccc(NC(=O)N4CCN(C(=O)C(C)(C)N)CC4)nc3=O)cc2)CCC1N.Cl. The minimum absolute atomic E-state index is 0. The number of carbonyl (C=O) groups excluding carboxylic acids is 2. The third-order valence-electron chi connectivity index (χ3n) is 7.06. The van der Waals surface area contributed by atoms with Crippen molar-refractivity contribution in [2.45, 2.75) is 44.5 Å². The summed E-state index contributed by atoms with van der Waals surface area (Å²) < 4.78 is 6.92. The lowest BCUT2D eigenvalue weighted by Gasteiger charge is -2.37. The lowest BCUT2D eigenvalue weighted by molar-refractivity contribution is -0.137. The van der Waals surface area contributed by atoms with Crippen molar-refractivity contribution in [2.24, 2.45) is 11.5 Å². The maximum absolute atomic E-state index is 12.7. The van der Waals surface area contributed by atoms with Crippen LogP contribution in [0.4, 0.5) is 10.6 Å². The molecule has 5 N–H and O–H groups in total. The highest BCUT2D eigenvalue weighted by molar-refractivity contribution is 5.89. The van der Waals surface area contributed by atoms with Crippen LogP contribution >= 0.6 is 12.4 Å². The zero-order chi connectivity index (χ0) is 27.4. The number of ether oxygens (including phenoxy) is 1. The summed E-state index contributed by atoms with van der Waals surface area (Å²) in [5.74, 6) is 0.0253. The van der Waals surface area contributed by atoms with Crippen LogP contribution in [-0.4, -0.2) is 100 Å². The number of nitrogens with one attached hydrogen (secondary N) is 1. The van der Waals surface area contributed by atoms with Gasteiger partial charge in [-0.25, -0.2) is 9.59 Å². The summed E-state index contributed by atoms with van der Waals surface area (Å²) in [5, 5.41) is 2.68. The summed E-state index contributed by atoms with van der Waals surface area (Å²) in [5.41, 5.74) is 12.4. The molecule has 0 saturated carbocycles. The molecular weight excluding hydrogens is 524 g/mol. The van der Waals surface area contributed by atoms with E-state index < -0.39 is 11.2 Å². The molecule has 0 bridgehead atoms. The number of amides is 3. The average molecular weight is 563 g/mol. The molecule has 39 heavy (non-hydrogen) atoms. The van der Waals surface area contributed by atoms with Crippen LogP contribution in [0.3, 0.4) is 0 Å². The first kappa shape index (κ1) is 30.5. The molecule has 2 fully saturated rings. The first-order valence-electron chi connectivity index (χ1n) is 12.9. The molecule has 214 valence electrons. The molecule has 2 aromatic rings. The third kappa shape index (κ3) is 7.55. The van der Waals surface area contributed by atoms with Gasteiger partial charge in [0.1, 0.15) is 5.82 Å². The van der Waals surface area contributed by atoms with Crippen molar-refractivity contribution >= 4 is 30.2 Å². The van der Waals surface area contributed by atoms with E-state index in [-0.39, 0.29) is 42.3 Å². The normalized spacial score (nSPS) is 20.3. The zero-order valence-corrected chi connectivity index (χ0v) is 23.5. The Morgan fingerprint density at radius 2 is 1.72 bits per heavy atom. The Morgan fingerprint density at radius 1 is 1.08 bits per heavy atom. The Labute approximate surface area is 234 Å². The maximum Gasteiger partial charge on any atom is 0.354 e. The molecule has 0 spiro atoms. The third-order valence-corrected chi connectivity index (χ3v) is 7.06. The van der Waals surface area contributed by atoms with Crippen LogP contribution < -0.4 is 22.5 Å². The summed E-state index contributed by atoms with van der Waals surface area (Å²) >= 11 is 0. The highest BCUT2D eigenvalue weighted by Gasteiger charge is 2.31. The van der Waals surface area contributed by atoms with Gasteiger partial charge in [-0.05, 0) is 44.0 Å². The second kappa shape index (κ2) is 12.9. The molecular formula is C26H39ClN8O4. The van der Waals surface area contributed by atoms with Gasteiger partial charge in [-0.3, -0.25) is 19.6 Å². The van der Waals surface area contributed by atoms with E-state index in [0.717, 1.165) is 31.6 Å². The van der Waals surface area contributed by atoms with E-state index in [9.17, 15) is 14.4 Å². The van der Waals surface area contributed by atoms with Gasteiger partial charge in [0.15, 0.2) is 0 Å². The standard InChI is InChI=1S/C26H38N8O4.ClH/c1-26(2,28)23(35)32-12-14-33(15-13-32)24(36)29-22-9-11-34(25(37)30-22)19-6-4-18(5-7-19)16-31-10-8-20(27)21(17-31)38-3;/h4-7,9,11,20-21H,8,10,12-17,27-28H2,1-3H3,(H,29,30,36,37);1H. The Bertz CT molecular complexity index is 1190.